The monoisotopic (exact) mass is 256 g/mol. The third-order valence-electron chi connectivity index (χ3n) is 6.19. The summed E-state index contributed by atoms with van der Waals surface area (Å²) in [5.74, 6) is 1.87. The van der Waals surface area contributed by atoms with Crippen LogP contribution in [0.2, 0.25) is 0 Å². The van der Waals surface area contributed by atoms with E-state index in [0.717, 1.165) is 18.3 Å². The van der Waals surface area contributed by atoms with Crippen molar-refractivity contribution in [3.8, 4) is 0 Å². The Hall–Kier alpha value is 0.250. The number of halogens is 1. The maximum absolute atomic E-state index is 11.0. The van der Waals surface area contributed by atoms with Gasteiger partial charge in [-0.05, 0) is 63.2 Å². The van der Waals surface area contributed by atoms with Gasteiger partial charge in [0.2, 0.25) is 0 Å². The first-order chi connectivity index (χ1) is 7.76. The van der Waals surface area contributed by atoms with Crippen LogP contribution in [-0.2, 0) is 0 Å². The van der Waals surface area contributed by atoms with Gasteiger partial charge in [-0.15, -0.1) is 11.6 Å². The van der Waals surface area contributed by atoms with Crippen molar-refractivity contribution < 1.29 is 5.11 Å². The molecule has 1 N–H and O–H groups in total. The summed E-state index contributed by atoms with van der Waals surface area (Å²) in [7, 11) is 0. The second-order valence-corrected chi connectivity index (χ2v) is 8.50. The lowest BCUT2D eigenvalue weighted by Crippen LogP contribution is -2.62. The van der Waals surface area contributed by atoms with E-state index in [0.29, 0.717) is 5.92 Å². The van der Waals surface area contributed by atoms with Crippen molar-refractivity contribution in [2.45, 2.75) is 69.8 Å². The van der Waals surface area contributed by atoms with Gasteiger partial charge in [0, 0.05) is 10.3 Å². The van der Waals surface area contributed by atoms with Crippen LogP contribution in [0.4, 0.5) is 0 Å². The molecule has 3 atom stereocenters. The fourth-order valence-corrected chi connectivity index (χ4v) is 6.05. The summed E-state index contributed by atoms with van der Waals surface area (Å²) in [6.45, 7) is 6.37. The summed E-state index contributed by atoms with van der Waals surface area (Å²) in [5.41, 5.74) is -0.447. The largest absolute Gasteiger partial charge is 0.389 e. The van der Waals surface area contributed by atoms with Crippen molar-refractivity contribution in [1.82, 2.24) is 0 Å². The van der Waals surface area contributed by atoms with E-state index in [4.69, 9.17) is 11.6 Å². The smallest absolute Gasteiger partial charge is 0.0699 e. The number of rotatable bonds is 2. The minimum Gasteiger partial charge on any atom is -0.389 e. The molecule has 4 aliphatic rings. The van der Waals surface area contributed by atoms with E-state index in [1.54, 1.807) is 0 Å². The molecular formula is C15H25ClO. The Labute approximate surface area is 110 Å². The molecule has 0 radical (unpaired) electrons. The predicted molar refractivity (Wildman–Crippen MR) is 71.2 cm³/mol. The normalized spacial score (nSPS) is 51.9. The topological polar surface area (TPSA) is 20.2 Å². The van der Waals surface area contributed by atoms with Crippen LogP contribution >= 0.6 is 11.6 Å². The van der Waals surface area contributed by atoms with E-state index >= 15 is 0 Å². The van der Waals surface area contributed by atoms with Gasteiger partial charge in [-0.25, -0.2) is 0 Å². The molecule has 4 bridgehead atoms. The molecule has 4 saturated carbocycles. The first-order valence-corrected chi connectivity index (χ1v) is 7.55. The van der Waals surface area contributed by atoms with E-state index in [2.05, 4.69) is 20.8 Å². The SMILES string of the molecule is CC(C)C(C)(O)C12CC3CC(CC(Cl)(C3)C1)C2. The highest BCUT2D eigenvalue weighted by molar-refractivity contribution is 6.24. The van der Waals surface area contributed by atoms with Crippen LogP contribution < -0.4 is 0 Å². The average molecular weight is 257 g/mol. The highest BCUT2D eigenvalue weighted by atomic mass is 35.5. The molecule has 2 heteroatoms. The van der Waals surface area contributed by atoms with Gasteiger partial charge >= 0.3 is 0 Å². The van der Waals surface area contributed by atoms with Crippen LogP contribution in [0, 0.1) is 23.2 Å². The van der Waals surface area contributed by atoms with Crippen molar-refractivity contribution >= 4 is 11.6 Å². The Morgan fingerprint density at radius 3 is 2.12 bits per heavy atom. The molecule has 4 aliphatic carbocycles. The number of alkyl halides is 1. The lowest BCUT2D eigenvalue weighted by Gasteiger charge is -2.65. The number of aliphatic hydroxyl groups is 1. The Bertz CT molecular complexity index is 320. The quantitative estimate of drug-likeness (QED) is 0.742. The maximum Gasteiger partial charge on any atom is 0.0699 e. The summed E-state index contributed by atoms with van der Waals surface area (Å²) < 4.78 is 0. The van der Waals surface area contributed by atoms with Crippen LogP contribution in [0.1, 0.15) is 59.3 Å². The van der Waals surface area contributed by atoms with Gasteiger partial charge in [0.15, 0.2) is 0 Å². The molecule has 1 nitrogen and oxygen atoms in total. The Balaban J connectivity index is 1.98. The molecule has 0 aromatic rings. The lowest BCUT2D eigenvalue weighted by molar-refractivity contribution is -0.183. The van der Waals surface area contributed by atoms with Gasteiger partial charge in [-0.1, -0.05) is 13.8 Å². The fraction of sp³-hybridized carbons (Fsp3) is 1.00. The zero-order chi connectivity index (χ0) is 12.5. The van der Waals surface area contributed by atoms with E-state index in [1.807, 2.05) is 0 Å². The van der Waals surface area contributed by atoms with Crippen molar-refractivity contribution in [1.29, 1.82) is 0 Å². The van der Waals surface area contributed by atoms with Crippen molar-refractivity contribution in [2.24, 2.45) is 23.2 Å². The molecule has 98 valence electrons. The summed E-state index contributed by atoms with van der Waals surface area (Å²) in [6, 6.07) is 0. The standard InChI is InChI=1S/C15H25ClO/c1-10(2)13(3,17)14-5-11-4-12(6-14)8-15(16,7-11)9-14/h10-12,17H,4-9H2,1-3H3. The van der Waals surface area contributed by atoms with E-state index < -0.39 is 5.60 Å². The minimum atomic E-state index is -0.551. The molecule has 0 spiro atoms. The van der Waals surface area contributed by atoms with Crippen molar-refractivity contribution in [3.63, 3.8) is 0 Å². The summed E-state index contributed by atoms with van der Waals surface area (Å²) >= 11 is 6.82. The molecule has 0 aromatic heterocycles. The minimum absolute atomic E-state index is 0.0168. The zero-order valence-electron chi connectivity index (χ0n) is 11.3. The van der Waals surface area contributed by atoms with Crippen LogP contribution in [-0.4, -0.2) is 15.6 Å². The van der Waals surface area contributed by atoms with Crippen LogP contribution in [0.15, 0.2) is 0 Å². The van der Waals surface area contributed by atoms with E-state index in [9.17, 15) is 5.11 Å². The first-order valence-electron chi connectivity index (χ1n) is 7.18. The number of hydrogen-bond donors (Lipinski definition) is 1. The summed E-state index contributed by atoms with van der Waals surface area (Å²) in [6.07, 6.45) is 7.22. The average Bonchev–Trinajstić information content (AvgIpc) is 2.12. The van der Waals surface area contributed by atoms with Crippen LogP contribution in [0.5, 0.6) is 0 Å². The molecule has 0 heterocycles. The van der Waals surface area contributed by atoms with Crippen molar-refractivity contribution in [2.75, 3.05) is 0 Å². The van der Waals surface area contributed by atoms with Gasteiger partial charge in [0.05, 0.1) is 5.60 Å². The molecule has 0 aromatic carbocycles. The molecule has 3 unspecified atom stereocenters. The molecule has 0 saturated heterocycles. The molecule has 4 rings (SSSR count). The highest BCUT2D eigenvalue weighted by Gasteiger charge is 2.63. The lowest BCUT2D eigenvalue weighted by atomic mass is 9.44. The Morgan fingerprint density at radius 1 is 1.18 bits per heavy atom. The third-order valence-corrected chi connectivity index (χ3v) is 6.63. The van der Waals surface area contributed by atoms with Gasteiger partial charge in [-0.3, -0.25) is 0 Å². The van der Waals surface area contributed by atoms with Gasteiger partial charge < -0.3 is 5.11 Å². The first kappa shape index (κ1) is 12.3. The molecule has 0 amide bonds. The zero-order valence-corrected chi connectivity index (χ0v) is 12.1. The highest BCUT2D eigenvalue weighted by Crippen LogP contribution is 2.67. The van der Waals surface area contributed by atoms with Crippen molar-refractivity contribution in [3.05, 3.63) is 0 Å². The Morgan fingerprint density at radius 2 is 1.71 bits per heavy atom. The van der Waals surface area contributed by atoms with Crippen LogP contribution in [0.3, 0.4) is 0 Å². The molecular weight excluding hydrogens is 232 g/mol. The van der Waals surface area contributed by atoms with E-state index in [-0.39, 0.29) is 10.3 Å². The van der Waals surface area contributed by atoms with Gasteiger partial charge in [-0.2, -0.15) is 0 Å². The third kappa shape index (κ3) is 1.61. The maximum atomic E-state index is 11.0. The Kier molecular flexibility index (Phi) is 2.47. The van der Waals surface area contributed by atoms with E-state index in [1.165, 1.54) is 32.1 Å². The second kappa shape index (κ2) is 3.42. The second-order valence-electron chi connectivity index (χ2n) is 7.69. The summed E-state index contributed by atoms with van der Waals surface area (Å²) in [4.78, 5) is 0.0168. The molecule has 4 fully saturated rings. The fourth-order valence-electron chi connectivity index (χ4n) is 5.36. The van der Waals surface area contributed by atoms with Crippen LogP contribution in [0.25, 0.3) is 0 Å². The number of hydrogen-bond acceptors (Lipinski definition) is 1. The van der Waals surface area contributed by atoms with Gasteiger partial charge in [0.1, 0.15) is 0 Å². The molecule has 17 heavy (non-hydrogen) atoms. The predicted octanol–water partition coefficient (Wildman–Crippen LogP) is 3.97. The summed E-state index contributed by atoms with van der Waals surface area (Å²) in [5, 5.41) is 11.0. The molecule has 0 aliphatic heterocycles. The van der Waals surface area contributed by atoms with Gasteiger partial charge in [0.25, 0.3) is 0 Å².